The number of amides is 2. The second kappa shape index (κ2) is 11.7. The summed E-state index contributed by atoms with van der Waals surface area (Å²) >= 11 is 0. The van der Waals surface area contributed by atoms with E-state index in [0.29, 0.717) is 25.5 Å². The standard InChI is InChI=1S/C18H27N5O2.HI/c1-3-17(25)23-10-9-15(13-23)22-18(19-2)21-12-16(24)20-11-14-7-5-4-6-8-14;/h4-8,15H,3,9-13H2,1-2H3,(H,20,24)(H2,19,21,22);1H. The predicted octanol–water partition coefficient (Wildman–Crippen LogP) is 1.10. The molecule has 1 fully saturated rings. The minimum atomic E-state index is -0.0963. The molecule has 0 radical (unpaired) electrons. The van der Waals surface area contributed by atoms with Gasteiger partial charge in [-0.2, -0.15) is 0 Å². The Kier molecular flexibility index (Phi) is 10.0. The lowest BCUT2D eigenvalue weighted by molar-refractivity contribution is -0.129. The lowest BCUT2D eigenvalue weighted by atomic mass is 10.2. The van der Waals surface area contributed by atoms with Crippen LogP contribution in [0.1, 0.15) is 25.3 Å². The number of likely N-dealkylation sites (tertiary alicyclic amines) is 1. The first-order valence-corrected chi connectivity index (χ1v) is 8.68. The van der Waals surface area contributed by atoms with E-state index in [9.17, 15) is 9.59 Å². The molecule has 1 unspecified atom stereocenters. The molecule has 3 N–H and O–H groups in total. The maximum atomic E-state index is 11.9. The van der Waals surface area contributed by atoms with E-state index in [0.717, 1.165) is 18.5 Å². The van der Waals surface area contributed by atoms with Gasteiger partial charge in [-0.05, 0) is 12.0 Å². The Morgan fingerprint density at radius 2 is 1.96 bits per heavy atom. The predicted molar refractivity (Wildman–Crippen MR) is 113 cm³/mol. The van der Waals surface area contributed by atoms with Crippen LogP contribution in [0.3, 0.4) is 0 Å². The molecule has 1 heterocycles. The van der Waals surface area contributed by atoms with E-state index >= 15 is 0 Å². The number of benzene rings is 1. The fraction of sp³-hybridized carbons (Fsp3) is 0.500. The lowest BCUT2D eigenvalue weighted by Gasteiger charge is -2.18. The molecule has 1 saturated heterocycles. The molecule has 1 aromatic carbocycles. The number of nitrogens with one attached hydrogen (secondary N) is 3. The van der Waals surface area contributed by atoms with Crippen molar-refractivity contribution in [2.75, 3.05) is 26.7 Å². The third-order valence-corrected chi connectivity index (χ3v) is 4.16. The molecule has 144 valence electrons. The molecular formula is C18H28IN5O2. The molecule has 1 aliphatic rings. The Morgan fingerprint density at radius 1 is 1.23 bits per heavy atom. The van der Waals surface area contributed by atoms with Crippen LogP contribution in [0.2, 0.25) is 0 Å². The number of halogens is 1. The summed E-state index contributed by atoms with van der Waals surface area (Å²) in [6, 6.07) is 9.93. The number of nitrogens with zero attached hydrogens (tertiary/aromatic N) is 2. The summed E-state index contributed by atoms with van der Waals surface area (Å²) in [5.41, 5.74) is 1.06. The molecular weight excluding hydrogens is 445 g/mol. The number of guanidine groups is 1. The van der Waals surface area contributed by atoms with Crippen molar-refractivity contribution in [3.63, 3.8) is 0 Å². The molecule has 1 aromatic rings. The zero-order valence-electron chi connectivity index (χ0n) is 15.3. The summed E-state index contributed by atoms with van der Waals surface area (Å²) < 4.78 is 0. The van der Waals surface area contributed by atoms with Gasteiger partial charge in [0.15, 0.2) is 5.96 Å². The molecule has 0 aromatic heterocycles. The number of hydrogen-bond acceptors (Lipinski definition) is 3. The van der Waals surface area contributed by atoms with E-state index in [1.807, 2.05) is 42.2 Å². The van der Waals surface area contributed by atoms with Gasteiger partial charge >= 0.3 is 0 Å². The molecule has 2 amide bonds. The Morgan fingerprint density at radius 3 is 2.62 bits per heavy atom. The number of rotatable bonds is 6. The van der Waals surface area contributed by atoms with Crippen molar-refractivity contribution in [3.05, 3.63) is 35.9 Å². The van der Waals surface area contributed by atoms with Crippen molar-refractivity contribution in [1.29, 1.82) is 0 Å². The van der Waals surface area contributed by atoms with Gasteiger partial charge in [0.25, 0.3) is 0 Å². The molecule has 1 aliphatic heterocycles. The first-order valence-electron chi connectivity index (χ1n) is 8.68. The van der Waals surface area contributed by atoms with E-state index in [2.05, 4.69) is 20.9 Å². The summed E-state index contributed by atoms with van der Waals surface area (Å²) in [7, 11) is 1.67. The third kappa shape index (κ3) is 7.19. The van der Waals surface area contributed by atoms with Crippen LogP contribution in [0.5, 0.6) is 0 Å². The topological polar surface area (TPSA) is 85.8 Å². The molecule has 0 bridgehead atoms. The fourth-order valence-electron chi connectivity index (χ4n) is 2.74. The largest absolute Gasteiger partial charge is 0.352 e. The van der Waals surface area contributed by atoms with Crippen molar-refractivity contribution in [1.82, 2.24) is 20.9 Å². The van der Waals surface area contributed by atoms with Gasteiger partial charge in [0, 0.05) is 39.1 Å². The van der Waals surface area contributed by atoms with Crippen LogP contribution >= 0.6 is 24.0 Å². The van der Waals surface area contributed by atoms with E-state index in [1.54, 1.807) is 7.05 Å². The summed E-state index contributed by atoms with van der Waals surface area (Å²) in [5.74, 6) is 0.652. The fourth-order valence-corrected chi connectivity index (χ4v) is 2.74. The second-order valence-corrected chi connectivity index (χ2v) is 6.01. The zero-order chi connectivity index (χ0) is 18.1. The smallest absolute Gasteiger partial charge is 0.239 e. The van der Waals surface area contributed by atoms with Gasteiger partial charge in [-0.25, -0.2) is 0 Å². The minimum Gasteiger partial charge on any atom is -0.352 e. The highest BCUT2D eigenvalue weighted by Gasteiger charge is 2.25. The molecule has 0 spiro atoms. The molecule has 0 aliphatic carbocycles. The highest BCUT2D eigenvalue weighted by atomic mass is 127. The summed E-state index contributed by atoms with van der Waals surface area (Å²) in [4.78, 5) is 29.7. The van der Waals surface area contributed by atoms with E-state index < -0.39 is 0 Å². The molecule has 26 heavy (non-hydrogen) atoms. The average molecular weight is 473 g/mol. The van der Waals surface area contributed by atoms with Gasteiger partial charge in [0.05, 0.1) is 6.54 Å². The first-order chi connectivity index (χ1) is 12.1. The summed E-state index contributed by atoms with van der Waals surface area (Å²) in [5, 5.41) is 9.15. The maximum absolute atomic E-state index is 11.9. The van der Waals surface area contributed by atoms with Crippen LogP contribution in [0.15, 0.2) is 35.3 Å². The maximum Gasteiger partial charge on any atom is 0.239 e. The van der Waals surface area contributed by atoms with Crippen molar-refractivity contribution in [2.24, 2.45) is 4.99 Å². The van der Waals surface area contributed by atoms with Gasteiger partial charge in [-0.3, -0.25) is 14.6 Å². The van der Waals surface area contributed by atoms with Crippen LogP contribution < -0.4 is 16.0 Å². The highest BCUT2D eigenvalue weighted by molar-refractivity contribution is 14.0. The summed E-state index contributed by atoms with van der Waals surface area (Å²) in [6.45, 7) is 3.96. The number of aliphatic imine (C=N–C) groups is 1. The number of carbonyl (C=O) groups excluding carboxylic acids is 2. The van der Waals surface area contributed by atoms with Crippen LogP contribution in [0.4, 0.5) is 0 Å². The van der Waals surface area contributed by atoms with Gasteiger partial charge in [0.1, 0.15) is 0 Å². The average Bonchev–Trinajstić information content (AvgIpc) is 3.12. The quantitative estimate of drug-likeness (QED) is 0.328. The molecule has 8 heteroatoms. The second-order valence-electron chi connectivity index (χ2n) is 6.01. The van der Waals surface area contributed by atoms with Crippen molar-refractivity contribution >= 4 is 41.8 Å². The van der Waals surface area contributed by atoms with E-state index in [-0.39, 0.29) is 48.4 Å². The van der Waals surface area contributed by atoms with Gasteiger partial charge < -0.3 is 20.9 Å². The highest BCUT2D eigenvalue weighted by Crippen LogP contribution is 2.10. The number of hydrogen-bond donors (Lipinski definition) is 3. The van der Waals surface area contributed by atoms with Crippen LogP contribution in [-0.4, -0.2) is 55.4 Å². The Balaban J connectivity index is 0.00000338. The Labute approximate surface area is 172 Å². The van der Waals surface area contributed by atoms with E-state index in [4.69, 9.17) is 0 Å². The van der Waals surface area contributed by atoms with Crippen molar-refractivity contribution in [2.45, 2.75) is 32.4 Å². The Hall–Kier alpha value is -1.84. The Bertz CT molecular complexity index is 609. The molecule has 1 atom stereocenters. The lowest BCUT2D eigenvalue weighted by Crippen LogP contribution is -2.47. The van der Waals surface area contributed by atoms with Gasteiger partial charge in [0.2, 0.25) is 11.8 Å². The van der Waals surface area contributed by atoms with E-state index in [1.165, 1.54) is 0 Å². The number of carbonyl (C=O) groups is 2. The van der Waals surface area contributed by atoms with Gasteiger partial charge in [-0.1, -0.05) is 37.3 Å². The van der Waals surface area contributed by atoms with Crippen LogP contribution in [0, 0.1) is 0 Å². The van der Waals surface area contributed by atoms with Crippen LogP contribution in [-0.2, 0) is 16.1 Å². The first kappa shape index (κ1) is 22.2. The van der Waals surface area contributed by atoms with Crippen molar-refractivity contribution < 1.29 is 9.59 Å². The molecule has 2 rings (SSSR count). The molecule has 7 nitrogen and oxygen atoms in total. The molecule has 0 saturated carbocycles. The normalized spacial score (nSPS) is 16.6. The summed E-state index contributed by atoms with van der Waals surface area (Å²) in [6.07, 6.45) is 1.41. The van der Waals surface area contributed by atoms with Gasteiger partial charge in [-0.15, -0.1) is 24.0 Å². The minimum absolute atomic E-state index is 0. The zero-order valence-corrected chi connectivity index (χ0v) is 17.7. The SMILES string of the molecule is CCC(=O)N1CCC(NC(=NC)NCC(=O)NCc2ccccc2)C1.I. The monoisotopic (exact) mass is 473 g/mol. The third-order valence-electron chi connectivity index (χ3n) is 4.16. The van der Waals surface area contributed by atoms with Crippen molar-refractivity contribution in [3.8, 4) is 0 Å². The van der Waals surface area contributed by atoms with Crippen LogP contribution in [0.25, 0.3) is 0 Å².